The van der Waals surface area contributed by atoms with Gasteiger partial charge in [0.2, 0.25) is 0 Å². The van der Waals surface area contributed by atoms with Crippen LogP contribution in [0.15, 0.2) is 0 Å². The fourth-order valence-corrected chi connectivity index (χ4v) is 4.72. The monoisotopic (exact) mass is 275 g/mol. The van der Waals surface area contributed by atoms with E-state index in [2.05, 4.69) is 10.0 Å². The van der Waals surface area contributed by atoms with Gasteiger partial charge in [-0.15, -0.1) is 0 Å². The average Bonchev–Trinajstić information content (AvgIpc) is 2.76. The molecule has 1 aliphatic carbocycles. The maximum Gasteiger partial charge on any atom is 0.279 e. The summed E-state index contributed by atoms with van der Waals surface area (Å²) < 4.78 is 28.7. The third kappa shape index (κ3) is 3.04. The van der Waals surface area contributed by atoms with E-state index in [1.807, 2.05) is 13.8 Å². The van der Waals surface area contributed by atoms with Gasteiger partial charge in [0.15, 0.2) is 0 Å². The molecule has 1 saturated heterocycles. The van der Waals surface area contributed by atoms with Crippen molar-refractivity contribution in [1.82, 2.24) is 14.3 Å². The van der Waals surface area contributed by atoms with E-state index in [0.717, 1.165) is 38.3 Å². The molecule has 106 valence electrons. The van der Waals surface area contributed by atoms with Gasteiger partial charge in [-0.2, -0.15) is 17.4 Å². The number of fused-ring (bicyclic) bond motifs is 1. The van der Waals surface area contributed by atoms with Crippen LogP contribution >= 0.6 is 0 Å². The smallest absolute Gasteiger partial charge is 0.279 e. The Morgan fingerprint density at radius 2 is 1.83 bits per heavy atom. The first-order valence-electron chi connectivity index (χ1n) is 7.05. The van der Waals surface area contributed by atoms with Crippen LogP contribution in [0, 0.1) is 11.8 Å². The first-order chi connectivity index (χ1) is 8.56. The van der Waals surface area contributed by atoms with Crippen LogP contribution in [0.5, 0.6) is 0 Å². The Hall–Kier alpha value is -0.170. The lowest BCUT2D eigenvalue weighted by atomic mass is 9.79. The molecule has 6 heteroatoms. The SMILES string of the molecule is CCN(CC)S(=O)(=O)NC1CC[C@H]2CNC[C@H]2C1. The van der Waals surface area contributed by atoms with Crippen molar-refractivity contribution in [2.24, 2.45) is 11.8 Å². The maximum atomic E-state index is 12.2. The predicted molar refractivity (Wildman–Crippen MR) is 72.5 cm³/mol. The van der Waals surface area contributed by atoms with Crippen molar-refractivity contribution in [2.75, 3.05) is 26.2 Å². The summed E-state index contributed by atoms with van der Waals surface area (Å²) in [5, 5.41) is 3.41. The lowest BCUT2D eigenvalue weighted by Crippen LogP contribution is -2.47. The van der Waals surface area contributed by atoms with Gasteiger partial charge in [-0.1, -0.05) is 13.8 Å². The second kappa shape index (κ2) is 5.86. The van der Waals surface area contributed by atoms with Crippen molar-refractivity contribution in [1.29, 1.82) is 0 Å². The summed E-state index contributed by atoms with van der Waals surface area (Å²) in [6, 6.07) is 0.122. The van der Waals surface area contributed by atoms with Gasteiger partial charge >= 0.3 is 0 Å². The Kier molecular flexibility index (Phi) is 4.64. The van der Waals surface area contributed by atoms with E-state index in [9.17, 15) is 8.42 Å². The molecule has 2 N–H and O–H groups in total. The lowest BCUT2D eigenvalue weighted by Gasteiger charge is -2.32. The highest BCUT2D eigenvalue weighted by Gasteiger charge is 2.35. The quantitative estimate of drug-likeness (QED) is 0.770. The van der Waals surface area contributed by atoms with Gasteiger partial charge in [0.05, 0.1) is 0 Å². The normalized spacial score (nSPS) is 32.7. The summed E-state index contributed by atoms with van der Waals surface area (Å²) in [6.45, 7) is 6.98. The van der Waals surface area contributed by atoms with Crippen LogP contribution in [0.3, 0.4) is 0 Å². The van der Waals surface area contributed by atoms with Crippen molar-refractivity contribution in [3.8, 4) is 0 Å². The highest BCUT2D eigenvalue weighted by Crippen LogP contribution is 2.32. The summed E-state index contributed by atoms with van der Waals surface area (Å²) in [5.74, 6) is 1.42. The number of nitrogens with one attached hydrogen (secondary N) is 2. The Balaban J connectivity index is 1.93. The molecule has 1 saturated carbocycles. The minimum Gasteiger partial charge on any atom is -0.316 e. The minimum atomic E-state index is -3.29. The Labute approximate surface area is 110 Å². The zero-order chi connectivity index (χ0) is 13.2. The summed E-state index contributed by atoms with van der Waals surface area (Å²) in [7, 11) is -3.29. The van der Waals surface area contributed by atoms with Crippen molar-refractivity contribution >= 4 is 10.2 Å². The molecule has 0 spiro atoms. The van der Waals surface area contributed by atoms with E-state index in [-0.39, 0.29) is 6.04 Å². The third-order valence-electron chi connectivity index (χ3n) is 4.31. The molecular weight excluding hydrogens is 250 g/mol. The van der Waals surface area contributed by atoms with Crippen molar-refractivity contribution in [3.05, 3.63) is 0 Å². The summed E-state index contributed by atoms with van der Waals surface area (Å²) >= 11 is 0. The molecule has 1 unspecified atom stereocenters. The molecule has 2 aliphatic rings. The van der Waals surface area contributed by atoms with Gasteiger partial charge in [-0.25, -0.2) is 0 Å². The number of nitrogens with zero attached hydrogens (tertiary/aromatic N) is 1. The third-order valence-corrected chi connectivity index (χ3v) is 6.14. The van der Waals surface area contributed by atoms with Crippen LogP contribution in [0.4, 0.5) is 0 Å². The highest BCUT2D eigenvalue weighted by molar-refractivity contribution is 7.87. The average molecular weight is 275 g/mol. The molecule has 18 heavy (non-hydrogen) atoms. The van der Waals surface area contributed by atoms with Crippen LogP contribution in [-0.2, 0) is 10.2 Å². The van der Waals surface area contributed by atoms with E-state index < -0.39 is 10.2 Å². The van der Waals surface area contributed by atoms with Crippen LogP contribution in [0.1, 0.15) is 33.1 Å². The van der Waals surface area contributed by atoms with E-state index >= 15 is 0 Å². The largest absolute Gasteiger partial charge is 0.316 e. The summed E-state index contributed by atoms with van der Waals surface area (Å²) in [5.41, 5.74) is 0. The zero-order valence-corrected chi connectivity index (χ0v) is 12.2. The van der Waals surface area contributed by atoms with E-state index in [0.29, 0.717) is 19.0 Å². The standard InChI is InChI=1S/C12H25N3O2S/c1-3-15(4-2)18(16,17)14-12-6-5-10-8-13-9-11(10)7-12/h10-14H,3-9H2,1-2H3/t10-,11+,12?/m0/s1. The molecule has 0 aromatic rings. The first kappa shape index (κ1) is 14.2. The van der Waals surface area contributed by atoms with Crippen LogP contribution in [0.2, 0.25) is 0 Å². The fraction of sp³-hybridized carbons (Fsp3) is 1.00. The lowest BCUT2D eigenvalue weighted by molar-refractivity contribution is 0.257. The van der Waals surface area contributed by atoms with E-state index in [1.165, 1.54) is 4.31 Å². The molecule has 0 amide bonds. The fourth-order valence-electron chi connectivity index (χ4n) is 3.26. The van der Waals surface area contributed by atoms with Gasteiger partial charge in [0.1, 0.15) is 0 Å². The molecule has 0 aromatic carbocycles. The van der Waals surface area contributed by atoms with Crippen molar-refractivity contribution in [3.63, 3.8) is 0 Å². The zero-order valence-electron chi connectivity index (χ0n) is 11.4. The molecule has 5 nitrogen and oxygen atoms in total. The summed E-state index contributed by atoms with van der Waals surface area (Å²) in [6.07, 6.45) is 3.10. The minimum absolute atomic E-state index is 0.122. The van der Waals surface area contributed by atoms with Gasteiger partial charge in [-0.05, 0) is 44.2 Å². The Morgan fingerprint density at radius 3 is 2.50 bits per heavy atom. The molecule has 0 radical (unpaired) electrons. The molecule has 0 aromatic heterocycles. The number of hydrogen-bond acceptors (Lipinski definition) is 3. The second-order valence-corrected chi connectivity index (χ2v) is 7.10. The highest BCUT2D eigenvalue weighted by atomic mass is 32.2. The number of hydrogen-bond donors (Lipinski definition) is 2. The van der Waals surface area contributed by atoms with Gasteiger partial charge in [0.25, 0.3) is 10.2 Å². The van der Waals surface area contributed by atoms with Crippen LogP contribution in [0.25, 0.3) is 0 Å². The topological polar surface area (TPSA) is 61.4 Å². The van der Waals surface area contributed by atoms with Crippen molar-refractivity contribution in [2.45, 2.75) is 39.2 Å². The predicted octanol–water partition coefficient (Wildman–Crippen LogP) is 0.551. The van der Waals surface area contributed by atoms with Crippen molar-refractivity contribution < 1.29 is 8.42 Å². The van der Waals surface area contributed by atoms with E-state index in [1.54, 1.807) is 0 Å². The first-order valence-corrected chi connectivity index (χ1v) is 8.49. The molecule has 2 rings (SSSR count). The molecule has 1 aliphatic heterocycles. The molecule has 0 bridgehead atoms. The van der Waals surface area contributed by atoms with Gasteiger partial charge in [0, 0.05) is 19.1 Å². The van der Waals surface area contributed by atoms with E-state index in [4.69, 9.17) is 0 Å². The molecular formula is C12H25N3O2S. The molecule has 1 heterocycles. The molecule has 2 fully saturated rings. The summed E-state index contributed by atoms with van der Waals surface area (Å²) in [4.78, 5) is 0. The number of rotatable bonds is 5. The second-order valence-electron chi connectivity index (χ2n) is 5.40. The van der Waals surface area contributed by atoms with Crippen LogP contribution < -0.4 is 10.0 Å². The van der Waals surface area contributed by atoms with Gasteiger partial charge in [-0.3, -0.25) is 0 Å². The molecule has 3 atom stereocenters. The van der Waals surface area contributed by atoms with Gasteiger partial charge < -0.3 is 5.32 Å². The Bertz CT molecular complexity index is 368. The van der Waals surface area contributed by atoms with Crippen LogP contribution in [-0.4, -0.2) is 44.9 Å². The maximum absolute atomic E-state index is 12.2. The Morgan fingerprint density at radius 1 is 1.17 bits per heavy atom.